The molecule has 0 spiro atoms. The van der Waals surface area contributed by atoms with Gasteiger partial charge in [-0.1, -0.05) is 30.3 Å². The van der Waals surface area contributed by atoms with Crippen LogP contribution >= 0.6 is 0 Å². The fraction of sp³-hybridized carbons (Fsp3) is 0.500. The largest absolute Gasteiger partial charge is 0.357 e. The van der Waals surface area contributed by atoms with Gasteiger partial charge < -0.3 is 15.5 Å². The monoisotopic (exact) mass is 406 g/mol. The lowest BCUT2D eigenvalue weighted by Gasteiger charge is -2.17. The van der Waals surface area contributed by atoms with Crippen LogP contribution in [0.1, 0.15) is 42.4 Å². The molecular formula is C24H34N6. The average molecular weight is 407 g/mol. The van der Waals surface area contributed by atoms with Crippen molar-refractivity contribution in [2.24, 2.45) is 4.99 Å². The summed E-state index contributed by atoms with van der Waals surface area (Å²) in [6.45, 7) is 7.27. The zero-order chi connectivity index (χ0) is 20.6. The summed E-state index contributed by atoms with van der Waals surface area (Å²) in [5.41, 5.74) is 3.82. The number of likely N-dealkylation sites (tertiary alicyclic amines) is 1. The lowest BCUT2D eigenvalue weighted by Crippen LogP contribution is -2.36. The van der Waals surface area contributed by atoms with E-state index < -0.39 is 0 Å². The Hall–Kier alpha value is -2.60. The number of aromatic nitrogens is 1. The number of hydrogen-bond acceptors (Lipinski definition) is 4. The molecule has 6 heteroatoms. The number of pyridine rings is 1. The highest BCUT2D eigenvalue weighted by atomic mass is 15.2. The number of benzene rings is 1. The van der Waals surface area contributed by atoms with Crippen molar-refractivity contribution in [2.45, 2.75) is 45.3 Å². The highest BCUT2D eigenvalue weighted by Crippen LogP contribution is 2.17. The third kappa shape index (κ3) is 5.72. The molecule has 0 aliphatic carbocycles. The molecule has 2 aromatic rings. The molecular weight excluding hydrogens is 372 g/mol. The summed E-state index contributed by atoms with van der Waals surface area (Å²) in [5, 5.41) is 6.79. The van der Waals surface area contributed by atoms with Gasteiger partial charge in [-0.15, -0.1) is 0 Å². The van der Waals surface area contributed by atoms with Crippen LogP contribution in [0, 0.1) is 0 Å². The van der Waals surface area contributed by atoms with Crippen LogP contribution < -0.4 is 15.5 Å². The van der Waals surface area contributed by atoms with Crippen molar-refractivity contribution in [2.75, 3.05) is 38.1 Å². The highest BCUT2D eigenvalue weighted by molar-refractivity contribution is 5.79. The first-order valence-electron chi connectivity index (χ1n) is 11.2. The Morgan fingerprint density at radius 2 is 1.43 bits per heavy atom. The van der Waals surface area contributed by atoms with Crippen LogP contribution in [0.2, 0.25) is 0 Å². The normalized spacial score (nSPS) is 17.5. The maximum absolute atomic E-state index is 4.63. The minimum Gasteiger partial charge on any atom is -0.357 e. The van der Waals surface area contributed by atoms with Crippen LogP contribution in [0.5, 0.6) is 0 Å². The molecule has 4 rings (SSSR count). The van der Waals surface area contributed by atoms with Gasteiger partial charge in [0, 0.05) is 46.0 Å². The van der Waals surface area contributed by atoms with E-state index in [9.17, 15) is 0 Å². The second kappa shape index (κ2) is 10.4. The second-order valence-corrected chi connectivity index (χ2v) is 8.30. The lowest BCUT2D eigenvalue weighted by atomic mass is 10.1. The molecule has 2 saturated heterocycles. The minimum atomic E-state index is 0.710. The van der Waals surface area contributed by atoms with E-state index in [2.05, 4.69) is 66.8 Å². The van der Waals surface area contributed by atoms with E-state index in [1.54, 1.807) is 0 Å². The minimum absolute atomic E-state index is 0.710. The summed E-state index contributed by atoms with van der Waals surface area (Å²) in [6, 6.07) is 13.2. The number of nitrogens with zero attached hydrogens (tertiary/aromatic N) is 4. The molecule has 2 fully saturated rings. The van der Waals surface area contributed by atoms with Crippen molar-refractivity contribution >= 4 is 11.8 Å². The van der Waals surface area contributed by atoms with E-state index in [1.165, 1.54) is 49.9 Å². The molecule has 6 nitrogen and oxygen atoms in total. The predicted octanol–water partition coefficient (Wildman–Crippen LogP) is 3.14. The Morgan fingerprint density at radius 1 is 0.833 bits per heavy atom. The van der Waals surface area contributed by atoms with Gasteiger partial charge in [0.1, 0.15) is 5.82 Å². The van der Waals surface area contributed by atoms with Crippen molar-refractivity contribution in [3.05, 3.63) is 59.3 Å². The summed E-state index contributed by atoms with van der Waals surface area (Å²) < 4.78 is 0. The Bertz CT molecular complexity index is 803. The number of guanidine groups is 1. The Morgan fingerprint density at radius 3 is 2.07 bits per heavy atom. The van der Waals surface area contributed by atoms with Gasteiger partial charge in [0.15, 0.2) is 5.96 Å². The molecule has 0 amide bonds. The van der Waals surface area contributed by atoms with E-state index in [-0.39, 0.29) is 0 Å². The number of anilines is 1. The van der Waals surface area contributed by atoms with Gasteiger partial charge in [-0.05, 0) is 61.5 Å². The van der Waals surface area contributed by atoms with Gasteiger partial charge in [0.25, 0.3) is 0 Å². The van der Waals surface area contributed by atoms with Crippen LogP contribution in [0.15, 0.2) is 47.6 Å². The Kier molecular flexibility index (Phi) is 7.19. The Balaban J connectivity index is 1.21. The van der Waals surface area contributed by atoms with Gasteiger partial charge in [-0.3, -0.25) is 9.89 Å². The molecule has 1 aromatic heterocycles. The van der Waals surface area contributed by atoms with E-state index in [4.69, 9.17) is 0 Å². The molecule has 1 aromatic carbocycles. The first-order valence-corrected chi connectivity index (χ1v) is 11.2. The van der Waals surface area contributed by atoms with Gasteiger partial charge in [0.05, 0.1) is 0 Å². The van der Waals surface area contributed by atoms with E-state index in [0.29, 0.717) is 6.54 Å². The van der Waals surface area contributed by atoms with Gasteiger partial charge in [-0.25, -0.2) is 4.98 Å². The summed E-state index contributed by atoms with van der Waals surface area (Å²) in [4.78, 5) is 13.9. The van der Waals surface area contributed by atoms with E-state index in [0.717, 1.165) is 43.5 Å². The maximum Gasteiger partial charge on any atom is 0.191 e. The first-order chi connectivity index (χ1) is 14.8. The third-order valence-electron chi connectivity index (χ3n) is 6.01. The molecule has 2 aliphatic heterocycles. The molecule has 2 N–H and O–H groups in total. The van der Waals surface area contributed by atoms with Crippen molar-refractivity contribution in [1.82, 2.24) is 20.5 Å². The molecule has 2 aliphatic rings. The molecule has 0 bridgehead atoms. The quantitative estimate of drug-likeness (QED) is 0.547. The zero-order valence-corrected chi connectivity index (χ0v) is 18.1. The number of nitrogens with one attached hydrogen (secondary N) is 2. The summed E-state index contributed by atoms with van der Waals surface area (Å²) in [7, 11) is 1.81. The number of aliphatic imine (C=N–C) groups is 1. The Labute approximate surface area is 180 Å². The van der Waals surface area contributed by atoms with Gasteiger partial charge in [-0.2, -0.15) is 0 Å². The molecule has 0 radical (unpaired) electrons. The fourth-order valence-electron chi connectivity index (χ4n) is 4.21. The number of hydrogen-bond donors (Lipinski definition) is 2. The van der Waals surface area contributed by atoms with Crippen LogP contribution in [0.3, 0.4) is 0 Å². The van der Waals surface area contributed by atoms with Crippen LogP contribution in [-0.4, -0.2) is 49.1 Å². The second-order valence-electron chi connectivity index (χ2n) is 8.30. The van der Waals surface area contributed by atoms with Crippen LogP contribution in [0.25, 0.3) is 0 Å². The molecule has 160 valence electrons. The third-order valence-corrected chi connectivity index (χ3v) is 6.01. The van der Waals surface area contributed by atoms with E-state index in [1.807, 2.05) is 13.2 Å². The van der Waals surface area contributed by atoms with Crippen molar-refractivity contribution in [3.8, 4) is 0 Å². The zero-order valence-electron chi connectivity index (χ0n) is 18.1. The summed E-state index contributed by atoms with van der Waals surface area (Å²) >= 11 is 0. The topological polar surface area (TPSA) is 55.8 Å². The lowest BCUT2D eigenvalue weighted by molar-refractivity contribution is 0.331. The predicted molar refractivity (Wildman–Crippen MR) is 124 cm³/mol. The van der Waals surface area contributed by atoms with Gasteiger partial charge in [0.2, 0.25) is 0 Å². The molecule has 0 atom stereocenters. The average Bonchev–Trinajstić information content (AvgIpc) is 3.50. The SMILES string of the molecule is CN=C(NCc1ccc(CN2CCCC2)cc1)NCc1ccc(N2CCCC2)nc1. The van der Waals surface area contributed by atoms with E-state index >= 15 is 0 Å². The van der Waals surface area contributed by atoms with Crippen molar-refractivity contribution in [3.63, 3.8) is 0 Å². The van der Waals surface area contributed by atoms with Gasteiger partial charge >= 0.3 is 0 Å². The smallest absolute Gasteiger partial charge is 0.191 e. The summed E-state index contributed by atoms with van der Waals surface area (Å²) in [6.07, 6.45) is 7.19. The molecule has 3 heterocycles. The standard InChI is InChI=1S/C24H34N6/c1-25-24(28-18-22-10-11-23(26-17-22)30-14-4-5-15-30)27-16-20-6-8-21(9-7-20)19-29-12-2-3-13-29/h6-11,17H,2-5,12-16,18-19H2,1H3,(H2,25,27,28). The molecule has 0 unspecified atom stereocenters. The maximum atomic E-state index is 4.63. The molecule has 0 saturated carbocycles. The van der Waals surface area contributed by atoms with Crippen molar-refractivity contribution < 1.29 is 0 Å². The van der Waals surface area contributed by atoms with Crippen molar-refractivity contribution in [1.29, 1.82) is 0 Å². The summed E-state index contributed by atoms with van der Waals surface area (Å²) in [5.74, 6) is 1.90. The highest BCUT2D eigenvalue weighted by Gasteiger charge is 2.13. The van der Waals surface area contributed by atoms with Crippen LogP contribution in [0.4, 0.5) is 5.82 Å². The van der Waals surface area contributed by atoms with Crippen LogP contribution in [-0.2, 0) is 19.6 Å². The molecule has 30 heavy (non-hydrogen) atoms. The fourth-order valence-corrected chi connectivity index (χ4v) is 4.21. The number of rotatable bonds is 7. The first kappa shape index (κ1) is 20.7.